The molecule has 1 amide bonds. The van der Waals surface area contributed by atoms with Gasteiger partial charge in [-0.1, -0.05) is 23.7 Å². The van der Waals surface area contributed by atoms with Crippen molar-refractivity contribution in [3.05, 3.63) is 75.2 Å². The van der Waals surface area contributed by atoms with E-state index in [2.05, 4.69) is 5.32 Å². The lowest BCUT2D eigenvalue weighted by atomic mass is 10.1. The normalized spacial score (nSPS) is 12.7. The third-order valence-electron chi connectivity index (χ3n) is 5.00. The van der Waals surface area contributed by atoms with Crippen LogP contribution in [0.5, 0.6) is 0 Å². The van der Waals surface area contributed by atoms with E-state index in [1.54, 1.807) is 30.5 Å². The van der Waals surface area contributed by atoms with Gasteiger partial charge >= 0.3 is 6.18 Å². The van der Waals surface area contributed by atoms with Crippen molar-refractivity contribution in [1.82, 2.24) is 4.57 Å². The third-order valence-corrected chi connectivity index (χ3v) is 5.77. The van der Waals surface area contributed by atoms with Crippen LogP contribution in [-0.4, -0.2) is 22.9 Å². The number of pyridine rings is 1. The zero-order valence-electron chi connectivity index (χ0n) is 16.8. The second-order valence-electron chi connectivity index (χ2n) is 7.33. The lowest BCUT2D eigenvalue weighted by Crippen LogP contribution is -2.28. The van der Waals surface area contributed by atoms with E-state index in [1.165, 1.54) is 10.6 Å². The summed E-state index contributed by atoms with van der Waals surface area (Å²) in [6.07, 6.45) is -3.31. The SMILES string of the molecule is NCC(CCl)Cn1ccc2c(NC(=O)Cc3ccc(Cl)c(C(F)(F)F)c3)cccc2c1=O. The number of alkyl halides is 4. The molecule has 3 rings (SSSR count). The molecule has 0 bridgehead atoms. The summed E-state index contributed by atoms with van der Waals surface area (Å²) >= 11 is 11.5. The smallest absolute Gasteiger partial charge is 0.330 e. The van der Waals surface area contributed by atoms with Crippen LogP contribution in [0, 0.1) is 5.92 Å². The molecule has 5 nitrogen and oxygen atoms in total. The first kappa shape index (κ1) is 24.1. The summed E-state index contributed by atoms with van der Waals surface area (Å²) < 4.78 is 40.7. The predicted octanol–water partition coefficient (Wildman–Crippen LogP) is 4.67. The number of hydrogen-bond acceptors (Lipinski definition) is 3. The number of nitrogens with zero attached hydrogens (tertiary/aromatic N) is 1. The van der Waals surface area contributed by atoms with E-state index in [-0.39, 0.29) is 23.5 Å². The molecule has 0 fully saturated rings. The van der Waals surface area contributed by atoms with Crippen LogP contribution in [0.2, 0.25) is 5.02 Å². The van der Waals surface area contributed by atoms with Crippen molar-refractivity contribution in [3.63, 3.8) is 0 Å². The number of anilines is 1. The highest BCUT2D eigenvalue weighted by molar-refractivity contribution is 6.31. The fraction of sp³-hybridized carbons (Fsp3) is 0.273. The van der Waals surface area contributed by atoms with Gasteiger partial charge in [0, 0.05) is 41.0 Å². The first-order valence-corrected chi connectivity index (χ1v) is 10.6. The van der Waals surface area contributed by atoms with E-state index in [0.717, 1.165) is 12.1 Å². The Morgan fingerprint density at radius 3 is 2.56 bits per heavy atom. The summed E-state index contributed by atoms with van der Waals surface area (Å²) in [4.78, 5) is 25.3. The van der Waals surface area contributed by atoms with Crippen LogP contribution in [0.25, 0.3) is 10.8 Å². The van der Waals surface area contributed by atoms with E-state index in [4.69, 9.17) is 28.9 Å². The van der Waals surface area contributed by atoms with Gasteiger partial charge in [-0.15, -0.1) is 11.6 Å². The number of halogens is 5. The Bertz CT molecular complexity index is 1190. The molecular weight excluding hydrogens is 466 g/mol. The standard InChI is InChI=1S/C22H20Cl2F3N3O2/c23-10-14(11-28)12-30-7-6-15-16(21(30)32)2-1-3-19(15)29-20(31)9-13-4-5-18(24)17(8-13)22(25,26)27/h1-8,14H,9-12,28H2,(H,29,31). The second-order valence-corrected chi connectivity index (χ2v) is 8.05. The summed E-state index contributed by atoms with van der Waals surface area (Å²) in [6.45, 7) is 0.703. The highest BCUT2D eigenvalue weighted by Crippen LogP contribution is 2.35. The van der Waals surface area contributed by atoms with E-state index < -0.39 is 22.7 Å². The van der Waals surface area contributed by atoms with Crippen LogP contribution in [0.15, 0.2) is 53.5 Å². The molecule has 1 unspecified atom stereocenters. The number of carbonyl (C=O) groups is 1. The van der Waals surface area contributed by atoms with Gasteiger partial charge in [0.15, 0.2) is 0 Å². The van der Waals surface area contributed by atoms with Crippen LogP contribution < -0.4 is 16.6 Å². The number of hydrogen-bond donors (Lipinski definition) is 2. The molecule has 0 aliphatic heterocycles. The Hall–Kier alpha value is -2.55. The number of amides is 1. The van der Waals surface area contributed by atoms with Gasteiger partial charge in [0.1, 0.15) is 0 Å². The maximum atomic E-state index is 13.1. The van der Waals surface area contributed by atoms with Crippen LogP contribution in [0.1, 0.15) is 11.1 Å². The fourth-order valence-electron chi connectivity index (χ4n) is 3.31. The van der Waals surface area contributed by atoms with E-state index in [1.807, 2.05) is 0 Å². The maximum absolute atomic E-state index is 13.1. The van der Waals surface area contributed by atoms with Gasteiger partial charge in [-0.2, -0.15) is 13.2 Å². The number of nitrogens with two attached hydrogens (primary N) is 1. The molecule has 3 N–H and O–H groups in total. The molecule has 2 aromatic carbocycles. The molecule has 32 heavy (non-hydrogen) atoms. The van der Waals surface area contributed by atoms with Crippen molar-refractivity contribution in [1.29, 1.82) is 0 Å². The zero-order chi connectivity index (χ0) is 23.5. The average molecular weight is 486 g/mol. The number of benzene rings is 2. The Balaban J connectivity index is 1.84. The van der Waals surface area contributed by atoms with Crippen LogP contribution >= 0.6 is 23.2 Å². The molecule has 0 aliphatic carbocycles. The summed E-state index contributed by atoms with van der Waals surface area (Å²) in [5.74, 6) is -0.268. The van der Waals surface area contributed by atoms with Crippen molar-refractivity contribution in [2.75, 3.05) is 17.7 Å². The lowest BCUT2D eigenvalue weighted by molar-refractivity contribution is -0.137. The molecular formula is C22H20Cl2F3N3O2. The largest absolute Gasteiger partial charge is 0.417 e. The van der Waals surface area contributed by atoms with Crippen molar-refractivity contribution in [2.24, 2.45) is 11.7 Å². The van der Waals surface area contributed by atoms with Gasteiger partial charge < -0.3 is 15.6 Å². The van der Waals surface area contributed by atoms with Crippen LogP contribution in [-0.2, 0) is 23.9 Å². The lowest BCUT2D eigenvalue weighted by Gasteiger charge is -2.15. The van der Waals surface area contributed by atoms with Crippen molar-refractivity contribution < 1.29 is 18.0 Å². The van der Waals surface area contributed by atoms with E-state index in [0.29, 0.717) is 35.4 Å². The Morgan fingerprint density at radius 1 is 1.16 bits per heavy atom. The van der Waals surface area contributed by atoms with Gasteiger partial charge in [-0.05, 0) is 42.4 Å². The Labute approximate surface area is 191 Å². The molecule has 1 heterocycles. The monoisotopic (exact) mass is 485 g/mol. The molecule has 3 aromatic rings. The number of nitrogens with one attached hydrogen (secondary N) is 1. The molecule has 0 saturated heterocycles. The molecule has 0 spiro atoms. The summed E-state index contributed by atoms with van der Waals surface area (Å²) in [6, 6.07) is 9.90. The summed E-state index contributed by atoms with van der Waals surface area (Å²) in [5, 5.41) is 3.15. The van der Waals surface area contributed by atoms with Crippen molar-refractivity contribution >= 4 is 45.6 Å². The van der Waals surface area contributed by atoms with Gasteiger partial charge in [-0.25, -0.2) is 0 Å². The number of aromatic nitrogens is 1. The number of rotatable bonds is 7. The van der Waals surface area contributed by atoms with Gasteiger partial charge in [0.25, 0.3) is 5.56 Å². The molecule has 170 valence electrons. The Kier molecular flexibility index (Phi) is 7.48. The van der Waals surface area contributed by atoms with E-state index >= 15 is 0 Å². The van der Waals surface area contributed by atoms with Crippen LogP contribution in [0.3, 0.4) is 0 Å². The highest BCUT2D eigenvalue weighted by atomic mass is 35.5. The zero-order valence-corrected chi connectivity index (χ0v) is 18.3. The second kappa shape index (κ2) is 9.94. The molecule has 0 aliphatic rings. The molecule has 1 aromatic heterocycles. The predicted molar refractivity (Wildman–Crippen MR) is 120 cm³/mol. The topological polar surface area (TPSA) is 77.1 Å². The minimum atomic E-state index is -4.62. The molecule has 0 saturated carbocycles. The van der Waals surface area contributed by atoms with Gasteiger partial charge in [0.05, 0.1) is 17.0 Å². The number of fused-ring (bicyclic) bond motifs is 1. The summed E-state index contributed by atoms with van der Waals surface area (Å²) in [7, 11) is 0. The fourth-order valence-corrected chi connectivity index (χ4v) is 3.76. The molecule has 10 heteroatoms. The van der Waals surface area contributed by atoms with Crippen LogP contribution in [0.4, 0.5) is 18.9 Å². The highest BCUT2D eigenvalue weighted by Gasteiger charge is 2.33. The van der Waals surface area contributed by atoms with Gasteiger partial charge in [-0.3, -0.25) is 9.59 Å². The van der Waals surface area contributed by atoms with Gasteiger partial charge in [0.2, 0.25) is 5.91 Å². The molecule has 1 atom stereocenters. The summed E-state index contributed by atoms with van der Waals surface area (Å²) in [5.41, 5.74) is 4.95. The number of carbonyl (C=O) groups excluding carboxylic acids is 1. The first-order valence-electron chi connectivity index (χ1n) is 9.67. The average Bonchev–Trinajstić information content (AvgIpc) is 2.74. The van der Waals surface area contributed by atoms with E-state index in [9.17, 15) is 22.8 Å². The maximum Gasteiger partial charge on any atom is 0.417 e. The molecule has 0 radical (unpaired) electrons. The third kappa shape index (κ3) is 5.43. The first-order chi connectivity index (χ1) is 15.1. The van der Waals surface area contributed by atoms with Crippen molar-refractivity contribution in [3.8, 4) is 0 Å². The minimum Gasteiger partial charge on any atom is -0.330 e. The minimum absolute atomic E-state index is 0.0596. The van der Waals surface area contributed by atoms with Crippen molar-refractivity contribution in [2.45, 2.75) is 19.1 Å². The quantitative estimate of drug-likeness (QED) is 0.477. The Morgan fingerprint density at radius 2 is 1.91 bits per heavy atom.